The maximum atomic E-state index is 12.8. The second-order valence-electron chi connectivity index (χ2n) is 10.5. The Morgan fingerprint density at radius 2 is 2.03 bits per heavy atom. The zero-order valence-electron chi connectivity index (χ0n) is 19.2. The van der Waals surface area contributed by atoms with Gasteiger partial charge in [-0.05, 0) is 100 Å². The smallest absolute Gasteiger partial charge is 0.311 e. The Morgan fingerprint density at radius 1 is 1.27 bits per heavy atom. The van der Waals surface area contributed by atoms with Crippen molar-refractivity contribution in [2.75, 3.05) is 20.2 Å². The van der Waals surface area contributed by atoms with E-state index in [2.05, 4.69) is 31.4 Å². The minimum absolute atomic E-state index is 0.0209. The van der Waals surface area contributed by atoms with Crippen LogP contribution < -0.4 is 0 Å². The first-order chi connectivity index (χ1) is 14.4. The third-order valence-electron chi connectivity index (χ3n) is 8.78. The number of nitrogens with zero attached hydrogens (tertiary/aromatic N) is 1. The normalized spacial score (nSPS) is 34.7. The van der Waals surface area contributed by atoms with Gasteiger partial charge in [-0.15, -0.1) is 0 Å². The van der Waals surface area contributed by atoms with Gasteiger partial charge in [0, 0.05) is 0 Å². The highest BCUT2D eigenvalue weighted by atomic mass is 16.5. The first-order valence-electron chi connectivity index (χ1n) is 11.9. The number of likely N-dealkylation sites (tertiary alicyclic amines) is 1. The van der Waals surface area contributed by atoms with E-state index in [4.69, 9.17) is 9.15 Å². The fourth-order valence-corrected chi connectivity index (χ4v) is 7.13. The molecular weight excluding hydrogens is 374 g/mol. The number of methoxy groups -OCH3 is 1. The Bertz CT molecular complexity index is 777. The third-order valence-corrected chi connectivity index (χ3v) is 8.78. The van der Waals surface area contributed by atoms with Crippen LogP contribution in [0.2, 0.25) is 0 Å². The molecule has 3 fully saturated rings. The SMILES string of the molecule is C=C1CC[C@@H]2[C@](C)(CCC[C@]2(C)C(=O)OC)[C@H]1CCc1ccoc1CN1CCCC1. The van der Waals surface area contributed by atoms with E-state index in [9.17, 15) is 4.79 Å². The number of carbonyl (C=O) groups excluding carboxylic acids is 1. The molecule has 2 heterocycles. The molecule has 2 aliphatic carbocycles. The van der Waals surface area contributed by atoms with Gasteiger partial charge in [-0.2, -0.15) is 0 Å². The van der Waals surface area contributed by atoms with Gasteiger partial charge in [-0.3, -0.25) is 9.69 Å². The molecule has 0 radical (unpaired) electrons. The van der Waals surface area contributed by atoms with Gasteiger partial charge < -0.3 is 9.15 Å². The van der Waals surface area contributed by atoms with Crippen LogP contribution in [0.15, 0.2) is 28.9 Å². The third kappa shape index (κ3) is 3.77. The van der Waals surface area contributed by atoms with Crippen LogP contribution in [0.5, 0.6) is 0 Å². The Labute approximate surface area is 182 Å². The van der Waals surface area contributed by atoms with Gasteiger partial charge >= 0.3 is 5.97 Å². The number of hydrogen-bond donors (Lipinski definition) is 0. The second-order valence-corrected chi connectivity index (χ2v) is 10.5. The Kier molecular flexibility index (Phi) is 6.16. The molecule has 0 N–H and O–H groups in total. The predicted octanol–water partition coefficient (Wildman–Crippen LogP) is 5.76. The number of esters is 1. The molecule has 3 aliphatic rings. The lowest BCUT2D eigenvalue weighted by Gasteiger charge is -2.57. The van der Waals surface area contributed by atoms with Crippen molar-refractivity contribution < 1.29 is 13.9 Å². The van der Waals surface area contributed by atoms with Crippen molar-refractivity contribution in [3.63, 3.8) is 0 Å². The lowest BCUT2D eigenvalue weighted by atomic mass is 9.46. The molecule has 0 unspecified atom stereocenters. The summed E-state index contributed by atoms with van der Waals surface area (Å²) in [5, 5.41) is 0. The Hall–Kier alpha value is -1.55. The van der Waals surface area contributed by atoms with Crippen LogP contribution in [-0.2, 0) is 22.5 Å². The molecule has 4 rings (SSSR count). The van der Waals surface area contributed by atoms with Crippen LogP contribution in [0.4, 0.5) is 0 Å². The van der Waals surface area contributed by atoms with Crippen LogP contribution in [-0.4, -0.2) is 31.1 Å². The van der Waals surface area contributed by atoms with E-state index in [-0.39, 0.29) is 16.8 Å². The molecular formula is C26H39NO3. The van der Waals surface area contributed by atoms with Crippen molar-refractivity contribution in [3.8, 4) is 0 Å². The summed E-state index contributed by atoms with van der Waals surface area (Å²) in [5.41, 5.74) is 2.49. The van der Waals surface area contributed by atoms with Crippen molar-refractivity contribution in [1.29, 1.82) is 0 Å². The molecule has 4 atom stereocenters. The van der Waals surface area contributed by atoms with E-state index in [1.807, 2.05) is 6.26 Å². The quantitative estimate of drug-likeness (QED) is 0.439. The van der Waals surface area contributed by atoms with E-state index >= 15 is 0 Å². The van der Waals surface area contributed by atoms with Gasteiger partial charge in [-0.25, -0.2) is 0 Å². The summed E-state index contributed by atoms with van der Waals surface area (Å²) in [4.78, 5) is 15.3. The standard InChI is InChI=1S/C26H39NO3/c1-19-8-11-23-25(2,13-7-14-26(23,3)24(28)29-4)21(19)10-9-20-12-17-30-22(20)18-27-15-5-6-16-27/h12,17,21,23H,1,5-11,13-16,18H2,2-4H3/t21-,23+,25+,26-/m0/s1. The average Bonchev–Trinajstić information content (AvgIpc) is 3.39. The lowest BCUT2D eigenvalue weighted by molar-refractivity contribution is -0.168. The Balaban J connectivity index is 1.50. The lowest BCUT2D eigenvalue weighted by Crippen LogP contribution is -2.53. The first-order valence-corrected chi connectivity index (χ1v) is 11.9. The maximum Gasteiger partial charge on any atom is 0.311 e. The molecule has 0 aromatic carbocycles. The summed E-state index contributed by atoms with van der Waals surface area (Å²) in [6.07, 6.45) is 11.9. The molecule has 0 spiro atoms. The molecule has 1 saturated heterocycles. The molecule has 4 nitrogen and oxygen atoms in total. The van der Waals surface area contributed by atoms with Crippen molar-refractivity contribution in [1.82, 2.24) is 4.90 Å². The number of rotatable bonds is 6. The highest BCUT2D eigenvalue weighted by molar-refractivity contribution is 5.77. The van der Waals surface area contributed by atoms with Crippen LogP contribution in [0.1, 0.15) is 76.5 Å². The van der Waals surface area contributed by atoms with Crippen molar-refractivity contribution in [2.24, 2.45) is 22.7 Å². The minimum Gasteiger partial charge on any atom is -0.469 e. The van der Waals surface area contributed by atoms with Crippen LogP contribution in [0.3, 0.4) is 0 Å². The van der Waals surface area contributed by atoms with Crippen molar-refractivity contribution in [3.05, 3.63) is 35.8 Å². The highest BCUT2D eigenvalue weighted by Gasteiger charge is 2.57. The molecule has 166 valence electrons. The van der Waals surface area contributed by atoms with Gasteiger partial charge in [0.2, 0.25) is 0 Å². The Morgan fingerprint density at radius 3 is 2.77 bits per heavy atom. The van der Waals surface area contributed by atoms with Gasteiger partial charge in [0.05, 0.1) is 25.3 Å². The second kappa shape index (κ2) is 8.53. The molecule has 4 heteroatoms. The first kappa shape index (κ1) is 21.7. The molecule has 2 saturated carbocycles. The topological polar surface area (TPSA) is 42.7 Å². The zero-order chi connectivity index (χ0) is 21.4. The summed E-state index contributed by atoms with van der Waals surface area (Å²) >= 11 is 0. The number of aryl methyl sites for hydroxylation is 1. The van der Waals surface area contributed by atoms with Gasteiger partial charge in [0.1, 0.15) is 5.76 Å². The fourth-order valence-electron chi connectivity index (χ4n) is 7.13. The highest BCUT2D eigenvalue weighted by Crippen LogP contribution is 2.62. The summed E-state index contributed by atoms with van der Waals surface area (Å²) in [5.74, 6) is 1.95. The molecule has 1 aliphatic heterocycles. The number of ether oxygens (including phenoxy) is 1. The molecule has 0 amide bonds. The van der Waals surface area contributed by atoms with E-state index in [1.54, 1.807) is 7.11 Å². The van der Waals surface area contributed by atoms with E-state index in [0.29, 0.717) is 11.8 Å². The summed E-state index contributed by atoms with van der Waals surface area (Å²) < 4.78 is 11.1. The van der Waals surface area contributed by atoms with Crippen LogP contribution in [0.25, 0.3) is 0 Å². The molecule has 1 aromatic heterocycles. The zero-order valence-corrected chi connectivity index (χ0v) is 19.2. The predicted molar refractivity (Wildman–Crippen MR) is 119 cm³/mol. The minimum atomic E-state index is -0.364. The van der Waals surface area contributed by atoms with Gasteiger partial charge in [-0.1, -0.05) is 25.5 Å². The number of fused-ring (bicyclic) bond motifs is 1. The summed E-state index contributed by atoms with van der Waals surface area (Å²) in [6, 6.07) is 2.16. The molecule has 1 aromatic rings. The summed E-state index contributed by atoms with van der Waals surface area (Å²) in [7, 11) is 1.54. The number of carbonyl (C=O) groups is 1. The average molecular weight is 414 g/mol. The van der Waals surface area contributed by atoms with Gasteiger partial charge in [0.25, 0.3) is 0 Å². The monoisotopic (exact) mass is 413 g/mol. The largest absolute Gasteiger partial charge is 0.469 e. The van der Waals surface area contributed by atoms with Crippen molar-refractivity contribution in [2.45, 2.75) is 78.2 Å². The van der Waals surface area contributed by atoms with E-state index in [0.717, 1.165) is 50.8 Å². The number of hydrogen-bond acceptors (Lipinski definition) is 4. The van der Waals surface area contributed by atoms with Gasteiger partial charge in [0.15, 0.2) is 0 Å². The summed E-state index contributed by atoms with van der Waals surface area (Å²) in [6.45, 7) is 12.4. The fraction of sp³-hybridized carbons (Fsp3) is 0.731. The van der Waals surface area contributed by atoms with E-state index < -0.39 is 0 Å². The maximum absolute atomic E-state index is 12.8. The van der Waals surface area contributed by atoms with E-state index in [1.165, 1.54) is 43.5 Å². The van der Waals surface area contributed by atoms with Crippen LogP contribution >= 0.6 is 0 Å². The number of allylic oxidation sites excluding steroid dienone is 1. The van der Waals surface area contributed by atoms with Crippen LogP contribution in [0, 0.1) is 22.7 Å². The number of furan rings is 1. The van der Waals surface area contributed by atoms with Crippen molar-refractivity contribution >= 4 is 5.97 Å². The molecule has 30 heavy (non-hydrogen) atoms. The molecule has 0 bridgehead atoms.